The van der Waals surface area contributed by atoms with Crippen LogP contribution in [0.2, 0.25) is 0 Å². The van der Waals surface area contributed by atoms with Gasteiger partial charge in [-0.15, -0.1) is 0 Å². The molecule has 0 aromatic rings. The summed E-state index contributed by atoms with van der Waals surface area (Å²) >= 11 is 0. The van der Waals surface area contributed by atoms with Gasteiger partial charge in [0.1, 0.15) is 0 Å². The molecule has 1 unspecified atom stereocenters. The Morgan fingerprint density at radius 3 is 2.50 bits per heavy atom. The van der Waals surface area contributed by atoms with E-state index in [1.165, 1.54) is 13.0 Å². The second-order valence-corrected chi connectivity index (χ2v) is 2.88. The van der Waals surface area contributed by atoms with Gasteiger partial charge in [-0.1, -0.05) is 0 Å². The number of aliphatic hydroxyl groups excluding tert-OH is 1. The van der Waals surface area contributed by atoms with E-state index < -0.39 is 0 Å². The van der Waals surface area contributed by atoms with Gasteiger partial charge in [0.25, 0.3) is 0 Å². The molecule has 2 aliphatic rings. The number of rotatable bonds is 0. The van der Waals surface area contributed by atoms with E-state index in [0.717, 1.165) is 13.1 Å². The van der Waals surface area contributed by atoms with Crippen molar-refractivity contribution in [3.63, 3.8) is 0 Å². The van der Waals surface area contributed by atoms with Crippen molar-refractivity contribution in [3.05, 3.63) is 0 Å². The van der Waals surface area contributed by atoms with Crippen LogP contribution in [-0.4, -0.2) is 35.7 Å². The van der Waals surface area contributed by atoms with Crippen LogP contribution in [0.25, 0.3) is 0 Å². The van der Waals surface area contributed by atoms with E-state index in [9.17, 15) is 5.11 Å². The molecule has 2 heterocycles. The first-order chi connectivity index (χ1) is 3.86. The summed E-state index contributed by atoms with van der Waals surface area (Å²) in [5, 5.41) is 9.18. The van der Waals surface area contributed by atoms with Crippen LogP contribution in [0.4, 0.5) is 0 Å². The van der Waals surface area contributed by atoms with E-state index in [2.05, 4.69) is 4.90 Å². The van der Waals surface area contributed by atoms with Crippen molar-refractivity contribution < 1.29 is 5.11 Å². The maximum absolute atomic E-state index is 9.18. The first kappa shape index (κ1) is 4.77. The molecule has 0 aliphatic carbocycles. The fraction of sp³-hybridized carbons (Fsp3) is 1.00. The molecule has 0 saturated carbocycles. The predicted molar refractivity (Wildman–Crippen MR) is 30.6 cm³/mol. The molecule has 0 amide bonds. The second-order valence-electron chi connectivity index (χ2n) is 2.88. The van der Waals surface area contributed by atoms with Crippen LogP contribution in [0, 0.1) is 5.92 Å². The summed E-state index contributed by atoms with van der Waals surface area (Å²) in [6.07, 6.45) is 1.23. The summed E-state index contributed by atoms with van der Waals surface area (Å²) in [6.45, 7) is 3.31. The van der Waals surface area contributed by atoms with Gasteiger partial charge in [-0.3, -0.25) is 0 Å². The van der Waals surface area contributed by atoms with Gasteiger partial charge >= 0.3 is 0 Å². The molecular formula is C6H11NO. The number of aliphatic hydroxyl groups is 1. The smallest absolute Gasteiger partial charge is 0.0707 e. The van der Waals surface area contributed by atoms with Crippen molar-refractivity contribution in [2.45, 2.75) is 12.5 Å². The fourth-order valence-electron chi connectivity index (χ4n) is 1.76. The Bertz CT molecular complexity index is 103. The van der Waals surface area contributed by atoms with E-state index in [1.807, 2.05) is 0 Å². The average Bonchev–Trinajstić information content (AvgIpc) is 2.23. The summed E-state index contributed by atoms with van der Waals surface area (Å²) in [5.41, 5.74) is 0. The monoisotopic (exact) mass is 113 g/mol. The lowest BCUT2D eigenvalue weighted by Gasteiger charge is -2.15. The number of fused-ring (bicyclic) bond motifs is 2. The zero-order valence-corrected chi connectivity index (χ0v) is 4.88. The highest BCUT2D eigenvalue weighted by Gasteiger charge is 2.36. The lowest BCUT2D eigenvalue weighted by atomic mass is 10.0. The summed E-state index contributed by atoms with van der Waals surface area (Å²) in [6, 6.07) is 0. The lowest BCUT2D eigenvalue weighted by molar-refractivity contribution is 0.118. The number of piperidine rings is 1. The van der Waals surface area contributed by atoms with Gasteiger partial charge in [-0.05, 0) is 13.0 Å². The van der Waals surface area contributed by atoms with E-state index >= 15 is 0 Å². The average molecular weight is 113 g/mol. The standard InChI is InChI=1S/C6H11NO/c8-6-4-7-2-1-5(6)3-7/h5-6,8H,1-4H2/t5-,6+/m1/s1. The summed E-state index contributed by atoms with van der Waals surface area (Å²) in [5.74, 6) is 0.620. The topological polar surface area (TPSA) is 23.5 Å². The van der Waals surface area contributed by atoms with Crippen LogP contribution in [0.15, 0.2) is 0 Å². The Kier molecular flexibility index (Phi) is 0.866. The Hall–Kier alpha value is -0.0800. The van der Waals surface area contributed by atoms with Crippen LogP contribution >= 0.6 is 0 Å². The van der Waals surface area contributed by atoms with Gasteiger partial charge < -0.3 is 10.0 Å². The Morgan fingerprint density at radius 1 is 1.38 bits per heavy atom. The van der Waals surface area contributed by atoms with Crippen molar-refractivity contribution in [3.8, 4) is 0 Å². The molecule has 0 radical (unpaired) electrons. The molecule has 2 heteroatoms. The van der Waals surface area contributed by atoms with Crippen molar-refractivity contribution in [1.29, 1.82) is 0 Å². The SMILES string of the molecule is O[C@H]1CN2CC[C@@H]1C2. The van der Waals surface area contributed by atoms with Gasteiger partial charge in [0.05, 0.1) is 6.10 Å². The van der Waals surface area contributed by atoms with Crippen LogP contribution in [0.5, 0.6) is 0 Å². The number of hydrogen-bond donors (Lipinski definition) is 1. The molecule has 0 spiro atoms. The summed E-state index contributed by atoms with van der Waals surface area (Å²) < 4.78 is 0. The third-order valence-electron chi connectivity index (χ3n) is 2.30. The van der Waals surface area contributed by atoms with Crippen molar-refractivity contribution in [2.75, 3.05) is 19.6 Å². The maximum Gasteiger partial charge on any atom is 0.0707 e. The van der Waals surface area contributed by atoms with Gasteiger partial charge in [-0.2, -0.15) is 0 Å². The molecule has 8 heavy (non-hydrogen) atoms. The Labute approximate surface area is 49.1 Å². The van der Waals surface area contributed by atoms with Crippen LogP contribution in [0.1, 0.15) is 6.42 Å². The quantitative estimate of drug-likeness (QED) is 0.465. The molecule has 2 nitrogen and oxygen atoms in total. The minimum Gasteiger partial charge on any atom is -0.391 e. The van der Waals surface area contributed by atoms with Crippen LogP contribution in [0.3, 0.4) is 0 Å². The van der Waals surface area contributed by atoms with E-state index in [0.29, 0.717) is 5.92 Å². The Balaban J connectivity index is 2.11. The molecule has 2 saturated heterocycles. The van der Waals surface area contributed by atoms with Gasteiger partial charge in [-0.25, -0.2) is 0 Å². The highest BCUT2D eigenvalue weighted by Crippen LogP contribution is 2.27. The minimum atomic E-state index is 0.00347. The fourth-order valence-corrected chi connectivity index (χ4v) is 1.76. The lowest BCUT2D eigenvalue weighted by Crippen LogP contribution is -2.26. The second kappa shape index (κ2) is 1.45. The normalized spacial score (nSPS) is 52.9. The summed E-state index contributed by atoms with van der Waals surface area (Å²) in [4.78, 5) is 2.33. The number of nitrogens with zero attached hydrogens (tertiary/aromatic N) is 1. The van der Waals surface area contributed by atoms with Crippen molar-refractivity contribution in [2.24, 2.45) is 5.92 Å². The molecule has 2 rings (SSSR count). The van der Waals surface area contributed by atoms with Crippen molar-refractivity contribution in [1.82, 2.24) is 4.90 Å². The largest absolute Gasteiger partial charge is 0.391 e. The van der Waals surface area contributed by atoms with Gasteiger partial charge in [0.15, 0.2) is 0 Å². The summed E-state index contributed by atoms with van der Waals surface area (Å²) in [7, 11) is 0. The molecule has 2 fully saturated rings. The van der Waals surface area contributed by atoms with Crippen LogP contribution in [-0.2, 0) is 0 Å². The zero-order valence-electron chi connectivity index (χ0n) is 4.88. The van der Waals surface area contributed by atoms with Crippen molar-refractivity contribution >= 4 is 0 Å². The molecular weight excluding hydrogens is 102 g/mol. The van der Waals surface area contributed by atoms with E-state index in [-0.39, 0.29) is 6.10 Å². The molecule has 0 aromatic heterocycles. The molecule has 0 aromatic carbocycles. The highest BCUT2D eigenvalue weighted by atomic mass is 16.3. The van der Waals surface area contributed by atoms with Crippen LogP contribution < -0.4 is 0 Å². The Morgan fingerprint density at radius 2 is 2.25 bits per heavy atom. The number of hydrogen-bond acceptors (Lipinski definition) is 2. The molecule has 1 N–H and O–H groups in total. The van der Waals surface area contributed by atoms with E-state index in [1.54, 1.807) is 0 Å². The maximum atomic E-state index is 9.18. The van der Waals surface area contributed by atoms with Gasteiger partial charge in [0, 0.05) is 19.0 Å². The minimum absolute atomic E-state index is 0.00347. The zero-order chi connectivity index (χ0) is 5.56. The molecule has 2 aliphatic heterocycles. The first-order valence-corrected chi connectivity index (χ1v) is 3.26. The molecule has 3 atom stereocenters. The molecule has 46 valence electrons. The van der Waals surface area contributed by atoms with Gasteiger partial charge in [0.2, 0.25) is 0 Å². The van der Waals surface area contributed by atoms with E-state index in [4.69, 9.17) is 0 Å². The third-order valence-corrected chi connectivity index (χ3v) is 2.30. The third kappa shape index (κ3) is 0.501. The first-order valence-electron chi connectivity index (χ1n) is 3.26. The molecule has 2 bridgehead atoms. The highest BCUT2D eigenvalue weighted by molar-refractivity contribution is 4.89. The predicted octanol–water partition coefficient (Wildman–Crippen LogP) is -0.317.